The molecule has 34 heavy (non-hydrogen) atoms. The topological polar surface area (TPSA) is 179 Å². The summed E-state index contributed by atoms with van der Waals surface area (Å²) in [5.74, 6) is -10.8. The summed E-state index contributed by atoms with van der Waals surface area (Å²) in [6, 6.07) is 0.388. The fourth-order valence-electron chi connectivity index (χ4n) is 2.78. The molecule has 2 amide bonds. The third-order valence-corrected chi connectivity index (χ3v) is 4.54. The first kappa shape index (κ1) is 28.3. The van der Waals surface area contributed by atoms with Crippen LogP contribution in [0.5, 0.6) is 5.75 Å². The normalized spacial score (nSPS) is 11.5. The van der Waals surface area contributed by atoms with Crippen LogP contribution < -0.4 is 15.4 Å². The second-order valence-corrected chi connectivity index (χ2v) is 7.24. The number of nitrogens with one attached hydrogen (secondary N) is 2. The summed E-state index contributed by atoms with van der Waals surface area (Å²) in [6.45, 7) is 2.22. The Morgan fingerprint density at radius 3 is 2.18 bits per heavy atom. The van der Waals surface area contributed by atoms with Crippen LogP contribution in [0.25, 0.3) is 0 Å². The van der Waals surface area contributed by atoms with Gasteiger partial charge in [0, 0.05) is 19.4 Å². The number of halogens is 2. The lowest BCUT2D eigenvalue weighted by molar-refractivity contribution is -0.159. The number of rotatable bonds is 15. The molecule has 1 atom stereocenters. The number of carboxylic acid groups (broad SMARTS) is 3. The molecule has 1 rings (SSSR count). The third-order valence-electron chi connectivity index (χ3n) is 4.54. The Morgan fingerprint density at radius 2 is 1.62 bits per heavy atom. The van der Waals surface area contributed by atoms with E-state index in [1.807, 2.05) is 6.92 Å². The number of hydrogen-bond acceptors (Lipinski definition) is 6. The standard InChI is InChI=1S/C21H26F2N2O9/c1-2-3-4-9-24-19(29)12(25-14(26)7-8-15(27)28)10-11-5-6-13(17(23)16(11)22)34-18(20(30)31)21(32)33/h5-6,12,18H,2-4,7-10H2,1H3,(H,24,29)(H,25,26)(H,27,28)(H,30,31)(H,32,33). The lowest BCUT2D eigenvalue weighted by Crippen LogP contribution is -2.48. The molecule has 188 valence electrons. The molecule has 0 saturated carbocycles. The highest BCUT2D eigenvalue weighted by Crippen LogP contribution is 2.25. The van der Waals surface area contributed by atoms with Gasteiger partial charge in [0.25, 0.3) is 6.10 Å². The van der Waals surface area contributed by atoms with Crippen molar-refractivity contribution in [2.75, 3.05) is 6.54 Å². The monoisotopic (exact) mass is 488 g/mol. The zero-order valence-corrected chi connectivity index (χ0v) is 18.3. The van der Waals surface area contributed by atoms with Gasteiger partial charge in [0.2, 0.25) is 17.6 Å². The van der Waals surface area contributed by atoms with Gasteiger partial charge in [0.1, 0.15) is 6.04 Å². The van der Waals surface area contributed by atoms with E-state index in [9.17, 15) is 32.8 Å². The van der Waals surface area contributed by atoms with Crippen molar-refractivity contribution in [3.05, 3.63) is 29.3 Å². The summed E-state index contributed by atoms with van der Waals surface area (Å²) in [6.07, 6.45) is -1.59. The molecule has 0 radical (unpaired) electrons. The molecular formula is C21H26F2N2O9. The van der Waals surface area contributed by atoms with E-state index < -0.39 is 78.5 Å². The lowest BCUT2D eigenvalue weighted by atomic mass is 10.0. The van der Waals surface area contributed by atoms with E-state index in [-0.39, 0.29) is 12.1 Å². The zero-order chi connectivity index (χ0) is 25.8. The second kappa shape index (κ2) is 13.7. The fourth-order valence-corrected chi connectivity index (χ4v) is 2.78. The van der Waals surface area contributed by atoms with Crippen molar-refractivity contribution in [2.24, 2.45) is 0 Å². The van der Waals surface area contributed by atoms with Crippen molar-refractivity contribution < 1.29 is 52.8 Å². The molecule has 0 saturated heterocycles. The Balaban J connectivity index is 3.07. The van der Waals surface area contributed by atoms with Crippen LogP contribution in [-0.2, 0) is 30.4 Å². The van der Waals surface area contributed by atoms with Crippen LogP contribution in [0.15, 0.2) is 12.1 Å². The summed E-state index contributed by atoms with van der Waals surface area (Å²) in [5.41, 5.74) is -0.390. The van der Waals surface area contributed by atoms with Crippen LogP contribution in [0.1, 0.15) is 44.6 Å². The largest absolute Gasteiger partial charge is 0.481 e. The van der Waals surface area contributed by atoms with Crippen LogP contribution in [0.3, 0.4) is 0 Å². The second-order valence-electron chi connectivity index (χ2n) is 7.24. The summed E-state index contributed by atoms with van der Waals surface area (Å²) in [4.78, 5) is 57.0. The van der Waals surface area contributed by atoms with E-state index in [1.54, 1.807) is 0 Å². The van der Waals surface area contributed by atoms with E-state index in [0.29, 0.717) is 6.42 Å². The van der Waals surface area contributed by atoms with E-state index in [2.05, 4.69) is 15.4 Å². The highest BCUT2D eigenvalue weighted by Gasteiger charge is 2.31. The predicted molar refractivity (Wildman–Crippen MR) is 111 cm³/mol. The number of carbonyl (C=O) groups excluding carboxylic acids is 2. The first-order chi connectivity index (χ1) is 16.0. The van der Waals surface area contributed by atoms with Crippen LogP contribution in [0.2, 0.25) is 0 Å². The summed E-state index contributed by atoms with van der Waals surface area (Å²) in [7, 11) is 0. The van der Waals surface area contributed by atoms with Crippen molar-refractivity contribution in [1.29, 1.82) is 0 Å². The first-order valence-corrected chi connectivity index (χ1v) is 10.4. The SMILES string of the molecule is CCCCCNC(=O)C(Cc1ccc(OC(C(=O)O)C(=O)O)c(F)c1F)NC(=O)CCC(=O)O. The van der Waals surface area contributed by atoms with Gasteiger partial charge in [0.15, 0.2) is 11.6 Å². The third kappa shape index (κ3) is 9.00. The number of carboxylic acids is 3. The van der Waals surface area contributed by atoms with Gasteiger partial charge in [-0.05, 0) is 18.1 Å². The highest BCUT2D eigenvalue weighted by molar-refractivity contribution is 5.96. The van der Waals surface area contributed by atoms with Crippen molar-refractivity contribution in [3.63, 3.8) is 0 Å². The smallest absolute Gasteiger partial charge is 0.356 e. The maximum Gasteiger partial charge on any atom is 0.356 e. The molecule has 0 aliphatic rings. The molecule has 11 nitrogen and oxygen atoms in total. The van der Waals surface area contributed by atoms with Crippen molar-refractivity contribution in [3.8, 4) is 5.75 Å². The Kier molecular flexibility index (Phi) is 11.4. The molecule has 0 heterocycles. The summed E-state index contributed by atoms with van der Waals surface area (Å²) >= 11 is 0. The molecule has 0 spiro atoms. The minimum Gasteiger partial charge on any atom is -0.481 e. The number of carbonyl (C=O) groups is 5. The number of unbranched alkanes of at least 4 members (excludes halogenated alkanes) is 2. The fraction of sp³-hybridized carbons (Fsp3) is 0.476. The molecular weight excluding hydrogens is 462 g/mol. The van der Waals surface area contributed by atoms with Gasteiger partial charge >= 0.3 is 17.9 Å². The Morgan fingerprint density at radius 1 is 0.971 bits per heavy atom. The Bertz CT molecular complexity index is 910. The average Bonchev–Trinajstić information content (AvgIpc) is 2.76. The zero-order valence-electron chi connectivity index (χ0n) is 18.3. The van der Waals surface area contributed by atoms with E-state index in [4.69, 9.17) is 15.3 Å². The van der Waals surface area contributed by atoms with Crippen molar-refractivity contribution in [2.45, 2.75) is 57.6 Å². The van der Waals surface area contributed by atoms with Crippen molar-refractivity contribution >= 4 is 29.7 Å². The minimum absolute atomic E-state index is 0.267. The molecule has 1 unspecified atom stereocenters. The molecule has 1 aromatic rings. The number of hydrogen-bond donors (Lipinski definition) is 5. The number of ether oxygens (including phenoxy) is 1. The number of aliphatic carboxylic acids is 3. The molecule has 13 heteroatoms. The van der Waals surface area contributed by atoms with Gasteiger partial charge in [-0.25, -0.2) is 14.0 Å². The summed E-state index contributed by atoms with van der Waals surface area (Å²) < 4.78 is 33.6. The van der Waals surface area contributed by atoms with Crippen molar-refractivity contribution in [1.82, 2.24) is 10.6 Å². The quantitative estimate of drug-likeness (QED) is 0.178. The van der Waals surface area contributed by atoms with Gasteiger partial charge in [-0.3, -0.25) is 14.4 Å². The Hall–Kier alpha value is -3.77. The van der Waals surface area contributed by atoms with Gasteiger partial charge in [-0.2, -0.15) is 4.39 Å². The van der Waals surface area contributed by atoms with Gasteiger partial charge in [-0.15, -0.1) is 0 Å². The van der Waals surface area contributed by atoms with Gasteiger partial charge in [-0.1, -0.05) is 25.8 Å². The van der Waals surface area contributed by atoms with Crippen LogP contribution in [-0.4, -0.2) is 63.7 Å². The van der Waals surface area contributed by atoms with E-state index in [1.165, 1.54) is 0 Å². The lowest BCUT2D eigenvalue weighted by Gasteiger charge is -2.20. The molecule has 0 aromatic heterocycles. The first-order valence-electron chi connectivity index (χ1n) is 10.4. The average molecular weight is 488 g/mol. The molecule has 0 bridgehead atoms. The van der Waals surface area contributed by atoms with Gasteiger partial charge in [0.05, 0.1) is 6.42 Å². The van der Waals surface area contributed by atoms with E-state index >= 15 is 0 Å². The molecule has 1 aromatic carbocycles. The molecule has 0 aliphatic carbocycles. The number of amides is 2. The minimum atomic E-state index is -2.48. The van der Waals surface area contributed by atoms with Gasteiger partial charge < -0.3 is 30.7 Å². The molecule has 0 fully saturated rings. The van der Waals surface area contributed by atoms with E-state index in [0.717, 1.165) is 25.0 Å². The molecule has 5 N–H and O–H groups in total. The molecule has 0 aliphatic heterocycles. The van der Waals surface area contributed by atoms with Crippen LogP contribution in [0.4, 0.5) is 8.78 Å². The maximum atomic E-state index is 14.6. The maximum absolute atomic E-state index is 14.6. The summed E-state index contributed by atoms with van der Waals surface area (Å²) in [5, 5.41) is 31.2. The predicted octanol–water partition coefficient (Wildman–Crippen LogP) is 1.08. The number of benzene rings is 1. The Labute approximate surface area is 193 Å². The van der Waals surface area contributed by atoms with Crippen LogP contribution in [0, 0.1) is 11.6 Å². The van der Waals surface area contributed by atoms with Crippen LogP contribution >= 0.6 is 0 Å². The highest BCUT2D eigenvalue weighted by atomic mass is 19.2.